The number of aryl methyl sites for hydroxylation is 3. The fourth-order valence-electron chi connectivity index (χ4n) is 16.3. The highest BCUT2D eigenvalue weighted by molar-refractivity contribution is 5.93. The average Bonchev–Trinajstić information content (AvgIpc) is 1.46. The summed E-state index contributed by atoms with van der Waals surface area (Å²) in [5, 5.41) is 30.6. The summed E-state index contributed by atoms with van der Waals surface area (Å²) in [6, 6.07) is 73.3. The number of hydrogen-bond donors (Lipinski definition) is 3. The van der Waals surface area contributed by atoms with Gasteiger partial charge in [0.15, 0.2) is 0 Å². The van der Waals surface area contributed by atoms with Gasteiger partial charge in [0.25, 0.3) is 0 Å². The van der Waals surface area contributed by atoms with Gasteiger partial charge in [-0.2, -0.15) is 0 Å². The van der Waals surface area contributed by atoms with Crippen molar-refractivity contribution >= 4 is 52.7 Å². The van der Waals surface area contributed by atoms with Gasteiger partial charge in [-0.05, 0) is 106 Å². The van der Waals surface area contributed by atoms with Crippen LogP contribution in [0.1, 0.15) is 119 Å². The average molecular weight is 1530 g/mol. The molecule has 21 heteroatoms. The van der Waals surface area contributed by atoms with Gasteiger partial charge in [0.05, 0.1) is 73.5 Å². The molecule has 3 aliphatic heterocycles. The Balaban J connectivity index is 0.000000149. The van der Waals surface area contributed by atoms with Crippen molar-refractivity contribution < 1.29 is 44.1 Å². The highest BCUT2D eigenvalue weighted by Crippen LogP contribution is 2.37. The third kappa shape index (κ3) is 17.4. The van der Waals surface area contributed by atoms with Crippen LogP contribution in [0.25, 0.3) is 0 Å². The Hall–Kier alpha value is -13.2. The van der Waals surface area contributed by atoms with E-state index in [4.69, 9.17) is 0 Å². The van der Waals surface area contributed by atoms with E-state index in [1.165, 1.54) is 31.4 Å². The number of imidazole rings is 3. The monoisotopic (exact) mass is 1520 g/mol. The first-order valence-electron chi connectivity index (χ1n) is 38.3. The van der Waals surface area contributed by atoms with E-state index in [0.29, 0.717) is 19.6 Å². The molecule has 3 N–H and O–H groups in total. The number of carboxylic acid groups (broad SMARTS) is 3. The van der Waals surface area contributed by atoms with Crippen LogP contribution in [0.4, 0.5) is 17.1 Å². The van der Waals surface area contributed by atoms with Crippen LogP contribution in [0.3, 0.4) is 0 Å². The van der Waals surface area contributed by atoms with Crippen molar-refractivity contribution in [1.29, 1.82) is 0 Å². The fourth-order valence-corrected chi connectivity index (χ4v) is 16.3. The number of carbonyl (C=O) groups excluding carboxylic acids is 3. The van der Waals surface area contributed by atoms with Gasteiger partial charge in [0.2, 0.25) is 17.7 Å². The summed E-state index contributed by atoms with van der Waals surface area (Å²) in [5.74, 6) is -5.52. The topological polar surface area (TPSA) is 236 Å². The van der Waals surface area contributed by atoms with Crippen LogP contribution in [-0.2, 0) is 87.3 Å². The van der Waals surface area contributed by atoms with Crippen LogP contribution in [0.2, 0.25) is 0 Å². The van der Waals surface area contributed by atoms with Crippen molar-refractivity contribution in [3.05, 3.63) is 356 Å². The van der Waals surface area contributed by atoms with Gasteiger partial charge in [-0.15, -0.1) is 0 Å². The van der Waals surface area contributed by atoms with Crippen LogP contribution in [0, 0.1) is 20.8 Å². The zero-order valence-corrected chi connectivity index (χ0v) is 65.7. The molecule has 0 unspecified atom stereocenters. The van der Waals surface area contributed by atoms with Crippen molar-refractivity contribution in [2.45, 2.75) is 115 Å². The van der Waals surface area contributed by atoms with Gasteiger partial charge in [-0.25, -0.2) is 29.3 Å². The first kappa shape index (κ1) is 78.9. The molecule has 15 rings (SSSR count). The lowest BCUT2D eigenvalue weighted by molar-refractivity contribution is -0.151. The standard InChI is InChI=1S/3C31H32N4O3/c3*1-21-16-22(14-15-26(21)33(2)3)18-34-20-32-25-19-35(28(31(37)38)17-27(25)34)30(36)29(23-10-6-4-7-11-23)24-12-8-5-9-13-24/h3*4-16,20,28-29H,17-19H2,1-3H3,(H,37,38)/t3*28-/m000/s1. The smallest absolute Gasteiger partial charge is 0.326 e. The minimum Gasteiger partial charge on any atom is -0.480 e. The number of carboxylic acids is 3. The van der Waals surface area contributed by atoms with Crippen LogP contribution in [0.15, 0.2) is 256 Å². The molecule has 0 aliphatic carbocycles. The minimum absolute atomic E-state index is 0.160. The van der Waals surface area contributed by atoms with Crippen LogP contribution < -0.4 is 14.7 Å². The van der Waals surface area contributed by atoms with Crippen molar-refractivity contribution in [1.82, 2.24) is 43.4 Å². The minimum atomic E-state index is -1.01. The summed E-state index contributed by atoms with van der Waals surface area (Å²) >= 11 is 0. The Bertz CT molecular complexity index is 4750. The largest absolute Gasteiger partial charge is 0.480 e. The Kier molecular flexibility index (Phi) is 24.3. The molecule has 3 aromatic heterocycles. The highest BCUT2D eigenvalue weighted by atomic mass is 16.4. The number of carbonyl (C=O) groups is 6. The Morgan fingerprint density at radius 2 is 0.544 bits per heavy atom. The molecule has 3 amide bonds. The maximum atomic E-state index is 14.1. The summed E-state index contributed by atoms with van der Waals surface area (Å²) in [5.41, 5.74) is 20.2. The zero-order valence-electron chi connectivity index (χ0n) is 65.7. The van der Waals surface area contributed by atoms with Gasteiger partial charge in [0, 0.05) is 115 Å². The molecule has 12 aromatic rings. The molecule has 0 radical (unpaired) electrons. The van der Waals surface area contributed by atoms with Crippen LogP contribution >= 0.6 is 0 Å². The molecule has 0 spiro atoms. The van der Waals surface area contributed by atoms with E-state index in [2.05, 4.69) is 105 Å². The Morgan fingerprint density at radius 3 is 0.728 bits per heavy atom. The van der Waals surface area contributed by atoms with E-state index >= 15 is 0 Å². The summed E-state index contributed by atoms with van der Waals surface area (Å²) < 4.78 is 6.05. The maximum absolute atomic E-state index is 14.1. The Labute approximate surface area is 665 Å². The second-order valence-electron chi connectivity index (χ2n) is 30.2. The molecule has 0 bridgehead atoms. The normalized spacial score (nSPS) is 14.8. The van der Waals surface area contributed by atoms with E-state index in [1.807, 2.05) is 238 Å². The van der Waals surface area contributed by atoms with Gasteiger partial charge in [0.1, 0.15) is 18.1 Å². The predicted molar refractivity (Wildman–Crippen MR) is 442 cm³/mol. The lowest BCUT2D eigenvalue weighted by Crippen LogP contribution is -2.50. The summed E-state index contributed by atoms with van der Waals surface area (Å²) in [7, 11) is 12.1. The third-order valence-electron chi connectivity index (χ3n) is 21.9. The number of benzene rings is 9. The molecule has 582 valence electrons. The molecular formula is C93H96N12O9. The molecule has 21 nitrogen and oxygen atoms in total. The molecule has 9 aromatic carbocycles. The molecule has 3 aliphatic rings. The summed E-state index contributed by atoms with van der Waals surface area (Å²) in [6.07, 6.45) is 5.92. The summed E-state index contributed by atoms with van der Waals surface area (Å²) in [4.78, 5) is 104. The van der Waals surface area contributed by atoms with Crippen molar-refractivity contribution in [2.24, 2.45) is 0 Å². The number of aliphatic carboxylic acids is 3. The number of amides is 3. The molecule has 0 fully saturated rings. The number of aromatic nitrogens is 6. The van der Waals surface area contributed by atoms with E-state index in [9.17, 15) is 44.1 Å². The maximum Gasteiger partial charge on any atom is 0.326 e. The SMILES string of the molecule is Cc1cc(Cn2cnc3c2C[C@@H](C(=O)O)N(C(=O)C(c2ccccc2)c2ccccc2)C3)ccc1N(C)C.Cc1cc(Cn2cnc3c2C[C@@H](C(=O)O)N(C(=O)C(c2ccccc2)c2ccccc2)C3)ccc1N(C)C.Cc1cc(Cn2cnc3c2C[C@@H](C(=O)O)N(C(=O)C(c2ccccc2)c2ccccc2)C3)ccc1N(C)C. The first-order chi connectivity index (χ1) is 55.0. The second-order valence-corrected chi connectivity index (χ2v) is 30.2. The molecule has 0 saturated carbocycles. The first-order valence-corrected chi connectivity index (χ1v) is 38.3. The zero-order chi connectivity index (χ0) is 80.4. The van der Waals surface area contributed by atoms with Gasteiger partial charge >= 0.3 is 17.9 Å². The van der Waals surface area contributed by atoms with E-state index < -0.39 is 53.8 Å². The third-order valence-corrected chi connectivity index (χ3v) is 21.9. The molecular weight excluding hydrogens is 1430 g/mol. The van der Waals surface area contributed by atoms with Crippen LogP contribution in [0.5, 0.6) is 0 Å². The lowest BCUT2D eigenvalue weighted by Gasteiger charge is -2.35. The van der Waals surface area contributed by atoms with Gasteiger partial charge < -0.3 is 58.4 Å². The number of hydrogen-bond acceptors (Lipinski definition) is 12. The molecule has 6 heterocycles. The Morgan fingerprint density at radius 1 is 0.333 bits per heavy atom. The number of rotatable bonds is 21. The van der Waals surface area contributed by atoms with E-state index in [-0.39, 0.29) is 56.6 Å². The van der Waals surface area contributed by atoms with Gasteiger partial charge in [-0.1, -0.05) is 218 Å². The van der Waals surface area contributed by atoms with Crippen LogP contribution in [-0.4, -0.2) is 155 Å². The molecule has 0 saturated heterocycles. The molecule has 3 atom stereocenters. The van der Waals surface area contributed by atoms with E-state index in [0.717, 1.165) is 101 Å². The highest BCUT2D eigenvalue weighted by Gasteiger charge is 2.44. The summed E-state index contributed by atoms with van der Waals surface area (Å²) in [6.45, 7) is 8.51. The number of fused-ring (bicyclic) bond motifs is 3. The van der Waals surface area contributed by atoms with Crippen molar-refractivity contribution in [3.63, 3.8) is 0 Å². The second kappa shape index (κ2) is 35.0. The fraction of sp³-hybridized carbons (Fsp3) is 0.258. The lowest BCUT2D eigenvalue weighted by atomic mass is 9.88. The predicted octanol–water partition coefficient (Wildman–Crippen LogP) is 13.4. The number of anilines is 3. The van der Waals surface area contributed by atoms with Crippen molar-refractivity contribution in [2.75, 3.05) is 57.0 Å². The van der Waals surface area contributed by atoms with E-state index in [1.54, 1.807) is 19.0 Å². The molecule has 114 heavy (non-hydrogen) atoms. The number of nitrogens with zero attached hydrogens (tertiary/aromatic N) is 12. The van der Waals surface area contributed by atoms with Crippen molar-refractivity contribution in [3.8, 4) is 0 Å². The van der Waals surface area contributed by atoms with Gasteiger partial charge in [-0.3, -0.25) is 14.4 Å². The quantitative estimate of drug-likeness (QED) is 0.0607.